The molecule has 3 aromatic carbocycles. The zero-order valence-electron chi connectivity index (χ0n) is 20.4. The Hall–Kier alpha value is -3.81. The first-order chi connectivity index (χ1) is 18.0. The number of nitrogens with zero attached hydrogens (tertiary/aromatic N) is 1. The Morgan fingerprint density at radius 3 is 2.08 bits per heavy atom. The van der Waals surface area contributed by atoms with Crippen LogP contribution in [0.15, 0.2) is 84.9 Å². The van der Waals surface area contributed by atoms with Gasteiger partial charge in [0, 0.05) is 25.6 Å². The van der Waals surface area contributed by atoms with Crippen LogP contribution in [0.1, 0.15) is 30.0 Å². The van der Waals surface area contributed by atoms with Gasteiger partial charge in [0.15, 0.2) is 0 Å². The first kappa shape index (κ1) is 24.9. The Morgan fingerprint density at radius 1 is 0.838 bits per heavy atom. The Morgan fingerprint density at radius 2 is 1.46 bits per heavy atom. The molecule has 0 saturated carbocycles. The highest BCUT2D eigenvalue weighted by Gasteiger charge is 2.68. The van der Waals surface area contributed by atoms with E-state index in [1.165, 1.54) is 4.90 Å². The molecular weight excluding hydrogens is 468 g/mol. The van der Waals surface area contributed by atoms with E-state index in [0.717, 1.165) is 22.3 Å². The predicted octanol–water partition coefficient (Wildman–Crippen LogP) is 3.44. The van der Waals surface area contributed by atoms with E-state index in [9.17, 15) is 24.6 Å². The molecule has 2 saturated heterocycles. The van der Waals surface area contributed by atoms with Gasteiger partial charge in [-0.3, -0.25) is 24.6 Å². The fraction of sp³-hybridized carbons (Fsp3) is 0.300. The maximum Gasteiger partial charge on any atom is 0.325 e. The van der Waals surface area contributed by atoms with Crippen LogP contribution in [-0.2, 0) is 20.8 Å². The monoisotopic (exact) mass is 498 g/mol. The van der Waals surface area contributed by atoms with Gasteiger partial charge >= 0.3 is 5.97 Å². The molecule has 0 aromatic heterocycles. The third-order valence-corrected chi connectivity index (χ3v) is 7.62. The highest BCUT2D eigenvalue weighted by atomic mass is 16.4. The van der Waals surface area contributed by atoms with Crippen molar-refractivity contribution in [1.29, 1.82) is 0 Å². The minimum Gasteiger partial charge on any atom is -0.480 e. The Balaban J connectivity index is 1.54. The van der Waals surface area contributed by atoms with E-state index in [2.05, 4.69) is 5.32 Å². The summed E-state index contributed by atoms with van der Waals surface area (Å²) in [5.74, 6) is -3.82. The highest BCUT2D eigenvalue weighted by molar-refractivity contribution is 6.09. The fourth-order valence-electron chi connectivity index (χ4n) is 5.82. The summed E-state index contributed by atoms with van der Waals surface area (Å²) in [6.45, 7) is 0.139. The highest BCUT2D eigenvalue weighted by Crippen LogP contribution is 2.50. The molecular formula is C30H30N2O5. The number of rotatable bonds is 9. The van der Waals surface area contributed by atoms with Gasteiger partial charge in [0.05, 0.1) is 11.8 Å². The molecule has 0 radical (unpaired) electrons. The van der Waals surface area contributed by atoms with Crippen LogP contribution >= 0.6 is 0 Å². The number of carboxylic acid groups (broad SMARTS) is 1. The number of imide groups is 1. The molecule has 0 bridgehead atoms. The van der Waals surface area contributed by atoms with Crippen molar-refractivity contribution in [3.63, 3.8) is 0 Å². The normalized spacial score (nSPS) is 24.9. The number of benzene rings is 3. The first-order valence-electron chi connectivity index (χ1n) is 12.6. The number of carboxylic acids is 1. The number of hydrogen-bond acceptors (Lipinski definition) is 5. The third-order valence-electron chi connectivity index (χ3n) is 7.62. The number of aliphatic hydroxyl groups excluding tert-OH is 1. The summed E-state index contributed by atoms with van der Waals surface area (Å²) in [6.07, 6.45) is 1.01. The predicted molar refractivity (Wildman–Crippen MR) is 138 cm³/mol. The van der Waals surface area contributed by atoms with Crippen LogP contribution < -0.4 is 5.32 Å². The SMILES string of the molecule is O=C1C2C(c3ccc(-c4ccccc4)cc3)NC(Cc3ccccc3)(C(=O)O)C2C(=O)N1CCCCO. The lowest BCUT2D eigenvalue weighted by Gasteiger charge is -2.31. The number of fused-ring (bicyclic) bond motifs is 1. The van der Waals surface area contributed by atoms with Gasteiger partial charge < -0.3 is 10.2 Å². The summed E-state index contributed by atoms with van der Waals surface area (Å²) in [7, 11) is 0. The van der Waals surface area contributed by atoms with E-state index in [0.29, 0.717) is 12.8 Å². The van der Waals surface area contributed by atoms with Gasteiger partial charge in [0.25, 0.3) is 0 Å². The molecule has 3 aromatic rings. The van der Waals surface area contributed by atoms with E-state index in [1.54, 1.807) is 0 Å². The average Bonchev–Trinajstić information content (AvgIpc) is 3.39. The minimum absolute atomic E-state index is 0.0336. The number of unbranched alkanes of at least 4 members (excludes halogenated alkanes) is 1. The van der Waals surface area contributed by atoms with Crippen molar-refractivity contribution in [3.8, 4) is 11.1 Å². The summed E-state index contributed by atoms with van der Waals surface area (Å²) < 4.78 is 0. The molecule has 190 valence electrons. The second-order valence-electron chi connectivity index (χ2n) is 9.81. The van der Waals surface area contributed by atoms with Crippen LogP contribution in [0.5, 0.6) is 0 Å². The molecule has 0 aliphatic carbocycles. The van der Waals surface area contributed by atoms with Gasteiger partial charge in [-0.25, -0.2) is 0 Å². The molecule has 4 atom stereocenters. The number of carbonyl (C=O) groups excluding carboxylic acids is 2. The van der Waals surface area contributed by atoms with Crippen molar-refractivity contribution < 1.29 is 24.6 Å². The number of aliphatic carboxylic acids is 1. The largest absolute Gasteiger partial charge is 0.480 e. The summed E-state index contributed by atoms with van der Waals surface area (Å²) in [5.41, 5.74) is 1.97. The number of aliphatic hydroxyl groups is 1. The van der Waals surface area contributed by atoms with Gasteiger partial charge in [-0.05, 0) is 35.1 Å². The van der Waals surface area contributed by atoms with Crippen LogP contribution in [-0.4, -0.2) is 51.6 Å². The Labute approximate surface area is 215 Å². The molecule has 7 heteroatoms. The van der Waals surface area contributed by atoms with Crippen molar-refractivity contribution in [2.75, 3.05) is 13.2 Å². The molecule has 7 nitrogen and oxygen atoms in total. The van der Waals surface area contributed by atoms with Crippen molar-refractivity contribution in [3.05, 3.63) is 96.1 Å². The second kappa shape index (κ2) is 10.3. The number of amides is 2. The van der Waals surface area contributed by atoms with Crippen LogP contribution in [0.3, 0.4) is 0 Å². The van der Waals surface area contributed by atoms with E-state index >= 15 is 0 Å². The van der Waals surface area contributed by atoms with Gasteiger partial charge in [-0.15, -0.1) is 0 Å². The van der Waals surface area contributed by atoms with Gasteiger partial charge in [0.2, 0.25) is 11.8 Å². The Kier molecular flexibility index (Phi) is 6.91. The maximum absolute atomic E-state index is 13.7. The minimum atomic E-state index is -1.63. The lowest BCUT2D eigenvalue weighted by molar-refractivity contribution is -0.151. The van der Waals surface area contributed by atoms with Crippen LogP contribution in [0.4, 0.5) is 0 Å². The maximum atomic E-state index is 13.7. The lowest BCUT2D eigenvalue weighted by Crippen LogP contribution is -2.57. The molecule has 3 N–H and O–H groups in total. The quantitative estimate of drug-likeness (QED) is 0.308. The van der Waals surface area contributed by atoms with Crippen molar-refractivity contribution in [2.24, 2.45) is 11.8 Å². The smallest absolute Gasteiger partial charge is 0.325 e. The zero-order chi connectivity index (χ0) is 26.0. The van der Waals surface area contributed by atoms with Gasteiger partial charge in [0.1, 0.15) is 5.54 Å². The topological polar surface area (TPSA) is 107 Å². The molecule has 0 spiro atoms. The first-order valence-corrected chi connectivity index (χ1v) is 12.6. The van der Waals surface area contributed by atoms with E-state index in [4.69, 9.17) is 0 Å². The van der Waals surface area contributed by atoms with Gasteiger partial charge in [-0.1, -0.05) is 84.9 Å². The molecule has 5 rings (SSSR count). The number of hydrogen-bond donors (Lipinski definition) is 3. The Bertz CT molecular complexity index is 1280. The van der Waals surface area contributed by atoms with Crippen molar-refractivity contribution in [2.45, 2.75) is 30.8 Å². The molecule has 2 fully saturated rings. The second-order valence-corrected chi connectivity index (χ2v) is 9.81. The fourth-order valence-corrected chi connectivity index (χ4v) is 5.82. The summed E-state index contributed by atoms with van der Waals surface area (Å²) in [5, 5.41) is 23.0. The van der Waals surface area contributed by atoms with E-state index in [1.807, 2.05) is 84.9 Å². The summed E-state index contributed by atoms with van der Waals surface area (Å²) in [6, 6.07) is 26.2. The number of likely N-dealkylation sites (tertiary alicyclic amines) is 1. The molecule has 2 heterocycles. The van der Waals surface area contributed by atoms with Crippen LogP contribution in [0, 0.1) is 11.8 Å². The number of carbonyl (C=O) groups is 3. The molecule has 4 unspecified atom stereocenters. The number of nitrogens with one attached hydrogen (secondary N) is 1. The average molecular weight is 499 g/mol. The lowest BCUT2D eigenvalue weighted by atomic mass is 9.76. The van der Waals surface area contributed by atoms with Crippen molar-refractivity contribution in [1.82, 2.24) is 10.2 Å². The molecule has 2 amide bonds. The van der Waals surface area contributed by atoms with Crippen LogP contribution in [0.2, 0.25) is 0 Å². The summed E-state index contributed by atoms with van der Waals surface area (Å²) in [4.78, 5) is 41.4. The van der Waals surface area contributed by atoms with Crippen LogP contribution in [0.25, 0.3) is 11.1 Å². The molecule has 37 heavy (non-hydrogen) atoms. The standard InChI is InChI=1S/C30H30N2O5/c33-18-8-7-17-32-27(34)24-25(28(32)35)30(29(36)37,19-20-9-3-1-4-10-20)31-26(24)23-15-13-22(14-16-23)21-11-5-2-6-12-21/h1-6,9-16,24-26,31,33H,7-8,17-19H2,(H,36,37). The van der Waals surface area contributed by atoms with Crippen molar-refractivity contribution >= 4 is 17.8 Å². The van der Waals surface area contributed by atoms with E-state index in [-0.39, 0.29) is 25.5 Å². The molecule has 2 aliphatic rings. The molecule has 2 aliphatic heterocycles. The van der Waals surface area contributed by atoms with Gasteiger partial charge in [-0.2, -0.15) is 0 Å². The third kappa shape index (κ3) is 4.45. The van der Waals surface area contributed by atoms with E-state index < -0.39 is 35.3 Å². The summed E-state index contributed by atoms with van der Waals surface area (Å²) >= 11 is 0. The zero-order valence-corrected chi connectivity index (χ0v) is 20.4.